The second-order valence-electron chi connectivity index (χ2n) is 3.54. The van der Waals surface area contributed by atoms with E-state index in [-0.39, 0.29) is 0 Å². The number of furan rings is 1. The van der Waals surface area contributed by atoms with Gasteiger partial charge in [-0.25, -0.2) is 0 Å². The van der Waals surface area contributed by atoms with E-state index in [0.717, 1.165) is 18.1 Å². The van der Waals surface area contributed by atoms with Crippen molar-refractivity contribution >= 4 is 0 Å². The molecular weight excluding hydrogens is 150 g/mol. The molecular formula is C10H15NO. The van der Waals surface area contributed by atoms with Gasteiger partial charge in [-0.2, -0.15) is 0 Å². The molecule has 1 saturated heterocycles. The van der Waals surface area contributed by atoms with E-state index in [2.05, 4.69) is 18.3 Å². The third kappa shape index (κ3) is 1.27. The SMILES string of the molecule is Cc1cc([C@H]2CCCN2)oc1C. The van der Waals surface area contributed by atoms with E-state index >= 15 is 0 Å². The standard InChI is InChI=1S/C10H15NO/c1-7-6-10(12-8(7)2)9-4-3-5-11-9/h6,9,11H,3-5H2,1-2H3/t9-/m1/s1. The van der Waals surface area contributed by atoms with Crippen molar-refractivity contribution in [3.05, 3.63) is 23.2 Å². The van der Waals surface area contributed by atoms with Gasteiger partial charge in [0.15, 0.2) is 0 Å². The predicted molar refractivity (Wildman–Crippen MR) is 48.2 cm³/mol. The molecule has 1 N–H and O–H groups in total. The molecule has 1 atom stereocenters. The molecule has 1 aromatic rings. The fourth-order valence-corrected chi connectivity index (χ4v) is 1.70. The molecule has 0 aliphatic carbocycles. The van der Waals surface area contributed by atoms with Crippen LogP contribution in [0.1, 0.15) is 36.0 Å². The number of hydrogen-bond acceptors (Lipinski definition) is 2. The molecule has 0 spiro atoms. The summed E-state index contributed by atoms with van der Waals surface area (Å²) in [5.74, 6) is 2.17. The van der Waals surface area contributed by atoms with Crippen LogP contribution in [0, 0.1) is 13.8 Å². The molecule has 2 heterocycles. The molecule has 12 heavy (non-hydrogen) atoms. The van der Waals surface area contributed by atoms with Crippen LogP contribution >= 0.6 is 0 Å². The molecule has 0 saturated carbocycles. The highest BCUT2D eigenvalue weighted by molar-refractivity contribution is 5.21. The van der Waals surface area contributed by atoms with E-state index in [1.165, 1.54) is 18.4 Å². The van der Waals surface area contributed by atoms with Crippen LogP contribution < -0.4 is 5.32 Å². The minimum Gasteiger partial charge on any atom is -0.464 e. The highest BCUT2D eigenvalue weighted by atomic mass is 16.3. The molecule has 66 valence electrons. The summed E-state index contributed by atoms with van der Waals surface area (Å²) in [7, 11) is 0. The van der Waals surface area contributed by atoms with Crippen molar-refractivity contribution in [3.63, 3.8) is 0 Å². The van der Waals surface area contributed by atoms with Gasteiger partial charge >= 0.3 is 0 Å². The quantitative estimate of drug-likeness (QED) is 0.690. The smallest absolute Gasteiger partial charge is 0.121 e. The minimum atomic E-state index is 0.470. The van der Waals surface area contributed by atoms with Gasteiger partial charge < -0.3 is 9.73 Å². The van der Waals surface area contributed by atoms with Gasteiger partial charge in [0.2, 0.25) is 0 Å². The molecule has 1 aromatic heterocycles. The lowest BCUT2D eigenvalue weighted by molar-refractivity contribution is 0.428. The van der Waals surface area contributed by atoms with Gasteiger partial charge in [0.1, 0.15) is 11.5 Å². The average molecular weight is 165 g/mol. The monoisotopic (exact) mass is 165 g/mol. The van der Waals surface area contributed by atoms with Crippen molar-refractivity contribution in [2.75, 3.05) is 6.54 Å². The van der Waals surface area contributed by atoms with E-state index in [1.807, 2.05) is 6.92 Å². The minimum absolute atomic E-state index is 0.470. The van der Waals surface area contributed by atoms with Crippen molar-refractivity contribution in [1.29, 1.82) is 0 Å². The van der Waals surface area contributed by atoms with Gasteiger partial charge in [0.05, 0.1) is 6.04 Å². The summed E-state index contributed by atoms with van der Waals surface area (Å²) in [6, 6.07) is 2.62. The first-order chi connectivity index (χ1) is 5.77. The Balaban J connectivity index is 2.21. The topological polar surface area (TPSA) is 25.2 Å². The molecule has 1 aliphatic rings. The Morgan fingerprint density at radius 3 is 2.83 bits per heavy atom. The normalized spacial score (nSPS) is 23.3. The van der Waals surface area contributed by atoms with Crippen LogP contribution in [0.2, 0.25) is 0 Å². The summed E-state index contributed by atoms with van der Waals surface area (Å²) in [5, 5.41) is 3.42. The maximum absolute atomic E-state index is 5.64. The van der Waals surface area contributed by atoms with Crippen molar-refractivity contribution in [1.82, 2.24) is 5.32 Å². The van der Waals surface area contributed by atoms with E-state index in [4.69, 9.17) is 4.42 Å². The Hall–Kier alpha value is -0.760. The Morgan fingerprint density at radius 2 is 2.33 bits per heavy atom. The molecule has 0 radical (unpaired) electrons. The lowest BCUT2D eigenvalue weighted by atomic mass is 10.1. The summed E-state index contributed by atoms with van der Waals surface area (Å²) in [6.45, 7) is 5.24. The Labute approximate surface area is 73.0 Å². The first-order valence-electron chi connectivity index (χ1n) is 4.57. The predicted octanol–water partition coefficient (Wildman–Crippen LogP) is 2.32. The zero-order valence-electron chi connectivity index (χ0n) is 7.68. The summed E-state index contributed by atoms with van der Waals surface area (Å²) < 4.78 is 5.64. The van der Waals surface area contributed by atoms with Crippen LogP contribution in [-0.2, 0) is 0 Å². The third-order valence-electron chi connectivity index (χ3n) is 2.59. The summed E-state index contributed by atoms with van der Waals surface area (Å²) in [4.78, 5) is 0. The largest absolute Gasteiger partial charge is 0.464 e. The molecule has 2 rings (SSSR count). The third-order valence-corrected chi connectivity index (χ3v) is 2.59. The van der Waals surface area contributed by atoms with Gasteiger partial charge in [-0.3, -0.25) is 0 Å². The molecule has 1 fully saturated rings. The molecule has 0 aromatic carbocycles. The van der Waals surface area contributed by atoms with Crippen molar-refractivity contribution < 1.29 is 4.42 Å². The highest BCUT2D eigenvalue weighted by Crippen LogP contribution is 2.26. The van der Waals surface area contributed by atoms with E-state index in [1.54, 1.807) is 0 Å². The molecule has 0 unspecified atom stereocenters. The van der Waals surface area contributed by atoms with Crippen LogP contribution in [0.15, 0.2) is 10.5 Å². The van der Waals surface area contributed by atoms with Crippen LogP contribution in [0.4, 0.5) is 0 Å². The Morgan fingerprint density at radius 1 is 1.50 bits per heavy atom. The lowest BCUT2D eigenvalue weighted by Gasteiger charge is -2.04. The number of nitrogens with one attached hydrogen (secondary N) is 1. The maximum Gasteiger partial charge on any atom is 0.121 e. The van der Waals surface area contributed by atoms with Crippen molar-refractivity contribution in [3.8, 4) is 0 Å². The lowest BCUT2D eigenvalue weighted by Crippen LogP contribution is -2.11. The van der Waals surface area contributed by atoms with Gasteiger partial charge in [-0.15, -0.1) is 0 Å². The summed E-state index contributed by atoms with van der Waals surface area (Å²) >= 11 is 0. The fourth-order valence-electron chi connectivity index (χ4n) is 1.70. The van der Waals surface area contributed by atoms with Crippen LogP contribution in [-0.4, -0.2) is 6.54 Å². The second-order valence-corrected chi connectivity index (χ2v) is 3.54. The highest BCUT2D eigenvalue weighted by Gasteiger charge is 2.19. The van der Waals surface area contributed by atoms with Gasteiger partial charge in [-0.1, -0.05) is 0 Å². The van der Waals surface area contributed by atoms with E-state index < -0.39 is 0 Å². The molecule has 0 amide bonds. The molecule has 1 aliphatic heterocycles. The summed E-state index contributed by atoms with van der Waals surface area (Å²) in [5.41, 5.74) is 1.26. The molecule has 0 bridgehead atoms. The Bertz CT molecular complexity index is 252. The van der Waals surface area contributed by atoms with Gasteiger partial charge in [-0.05, 0) is 44.9 Å². The van der Waals surface area contributed by atoms with Crippen molar-refractivity contribution in [2.24, 2.45) is 0 Å². The first kappa shape index (κ1) is 7.87. The van der Waals surface area contributed by atoms with Crippen molar-refractivity contribution in [2.45, 2.75) is 32.7 Å². The second kappa shape index (κ2) is 2.94. The van der Waals surface area contributed by atoms with Crippen LogP contribution in [0.3, 0.4) is 0 Å². The van der Waals surface area contributed by atoms with Crippen LogP contribution in [0.5, 0.6) is 0 Å². The zero-order chi connectivity index (χ0) is 8.55. The van der Waals surface area contributed by atoms with E-state index in [0.29, 0.717) is 6.04 Å². The van der Waals surface area contributed by atoms with E-state index in [9.17, 15) is 0 Å². The number of aryl methyl sites for hydroxylation is 2. The zero-order valence-corrected chi connectivity index (χ0v) is 7.68. The Kier molecular flexibility index (Phi) is 1.93. The van der Waals surface area contributed by atoms with Gasteiger partial charge in [0.25, 0.3) is 0 Å². The molecule has 2 nitrogen and oxygen atoms in total. The number of hydrogen-bond donors (Lipinski definition) is 1. The maximum atomic E-state index is 5.64. The average Bonchev–Trinajstić information content (AvgIpc) is 2.61. The first-order valence-corrected chi connectivity index (χ1v) is 4.57. The van der Waals surface area contributed by atoms with Gasteiger partial charge in [0, 0.05) is 0 Å². The number of rotatable bonds is 1. The fraction of sp³-hybridized carbons (Fsp3) is 0.600. The summed E-state index contributed by atoms with van der Waals surface area (Å²) in [6.07, 6.45) is 2.48. The molecule has 2 heteroatoms. The van der Waals surface area contributed by atoms with Crippen LogP contribution in [0.25, 0.3) is 0 Å².